The zero-order chi connectivity index (χ0) is 10.8. The van der Waals surface area contributed by atoms with Gasteiger partial charge in [0.2, 0.25) is 0 Å². The molecule has 0 aliphatic carbocycles. The summed E-state index contributed by atoms with van der Waals surface area (Å²) in [5.74, 6) is 0. The van der Waals surface area contributed by atoms with Crippen molar-refractivity contribution in [2.24, 2.45) is 10.9 Å². The van der Waals surface area contributed by atoms with Crippen LogP contribution in [0.25, 0.3) is 0 Å². The van der Waals surface area contributed by atoms with E-state index in [-0.39, 0.29) is 6.04 Å². The fourth-order valence-corrected chi connectivity index (χ4v) is 1.48. The zero-order valence-electron chi connectivity index (χ0n) is 7.77. The van der Waals surface area contributed by atoms with Gasteiger partial charge in [0.1, 0.15) is 0 Å². The van der Waals surface area contributed by atoms with Gasteiger partial charge in [0.05, 0.1) is 0 Å². The van der Waals surface area contributed by atoms with Crippen LogP contribution in [0.15, 0.2) is 24.3 Å². The average Bonchev–Trinajstić information content (AvgIpc) is 2.02. The van der Waals surface area contributed by atoms with E-state index in [9.17, 15) is 8.42 Å². The van der Waals surface area contributed by atoms with Crippen LogP contribution < -0.4 is 15.6 Å². The molecule has 1 aromatic carbocycles. The maximum atomic E-state index is 10.7. The Hall–Kier alpha value is -1.11. The Labute approximate surface area is 83.3 Å². The highest BCUT2D eigenvalue weighted by molar-refractivity contribution is 7.90. The van der Waals surface area contributed by atoms with E-state index in [0.717, 1.165) is 5.56 Å². The molecule has 0 saturated carbocycles. The van der Waals surface area contributed by atoms with Crippen LogP contribution in [-0.2, 0) is 10.2 Å². The summed E-state index contributed by atoms with van der Waals surface area (Å²) in [5, 5.41) is 4.80. The van der Waals surface area contributed by atoms with Crippen molar-refractivity contribution in [3.8, 4) is 0 Å². The maximum absolute atomic E-state index is 10.7. The summed E-state index contributed by atoms with van der Waals surface area (Å²) in [6.45, 7) is 1.85. The molecule has 1 unspecified atom stereocenters. The van der Waals surface area contributed by atoms with Gasteiger partial charge in [0.15, 0.2) is 0 Å². The Bertz CT molecular complexity index is 397. The molecule has 1 rings (SSSR count). The summed E-state index contributed by atoms with van der Waals surface area (Å²) in [4.78, 5) is 0. The van der Waals surface area contributed by atoms with E-state index in [1.165, 1.54) is 0 Å². The van der Waals surface area contributed by atoms with Gasteiger partial charge in [-0.3, -0.25) is 4.72 Å². The number of nitrogens with one attached hydrogen (secondary N) is 1. The minimum absolute atomic E-state index is 0.0708. The van der Waals surface area contributed by atoms with Crippen LogP contribution in [-0.4, -0.2) is 8.42 Å². The molecule has 1 atom stereocenters. The first-order valence-corrected chi connectivity index (χ1v) is 5.59. The van der Waals surface area contributed by atoms with Gasteiger partial charge in [-0.15, -0.1) is 0 Å². The lowest BCUT2D eigenvalue weighted by atomic mass is 10.1. The van der Waals surface area contributed by atoms with E-state index >= 15 is 0 Å². The smallest absolute Gasteiger partial charge is 0.296 e. The predicted molar refractivity (Wildman–Crippen MR) is 55.8 cm³/mol. The predicted octanol–water partition coefficient (Wildman–Crippen LogP) is 0.322. The molecular weight excluding hydrogens is 202 g/mol. The quantitative estimate of drug-likeness (QED) is 0.677. The summed E-state index contributed by atoms with van der Waals surface area (Å²) in [7, 11) is -3.69. The van der Waals surface area contributed by atoms with Crippen molar-refractivity contribution in [2.75, 3.05) is 4.72 Å². The molecule has 0 bridgehead atoms. The topological polar surface area (TPSA) is 98.2 Å². The van der Waals surface area contributed by atoms with Crippen molar-refractivity contribution in [3.05, 3.63) is 29.8 Å². The molecule has 1 aromatic rings. The zero-order valence-corrected chi connectivity index (χ0v) is 8.58. The number of nitrogens with two attached hydrogens (primary N) is 2. The average molecular weight is 215 g/mol. The molecule has 78 valence electrons. The Balaban J connectivity index is 2.84. The second kappa shape index (κ2) is 3.95. The fourth-order valence-electron chi connectivity index (χ4n) is 1.02. The Morgan fingerprint density at radius 3 is 2.14 bits per heavy atom. The second-order valence-corrected chi connectivity index (χ2v) is 4.35. The summed E-state index contributed by atoms with van der Waals surface area (Å²) in [5.41, 5.74) is 6.99. The summed E-state index contributed by atoms with van der Waals surface area (Å²) >= 11 is 0. The first kappa shape index (κ1) is 11.0. The van der Waals surface area contributed by atoms with Gasteiger partial charge >= 0.3 is 0 Å². The molecule has 0 saturated heterocycles. The number of benzene rings is 1. The summed E-state index contributed by atoms with van der Waals surface area (Å²) in [6, 6.07) is 6.65. The third-order valence-electron chi connectivity index (χ3n) is 1.70. The lowest BCUT2D eigenvalue weighted by Gasteiger charge is -2.07. The highest BCUT2D eigenvalue weighted by Crippen LogP contribution is 2.14. The maximum Gasteiger partial charge on any atom is 0.296 e. The van der Waals surface area contributed by atoms with E-state index in [4.69, 9.17) is 10.9 Å². The Kier molecular flexibility index (Phi) is 3.10. The standard InChI is InChI=1S/C8H13N3O2S/c1-6(9)7-2-4-8(5-3-7)11-14(10,12)13/h2-6,11H,9H2,1H3,(H2,10,12,13). The monoisotopic (exact) mass is 215 g/mol. The van der Waals surface area contributed by atoms with Gasteiger partial charge in [-0.25, -0.2) is 5.14 Å². The van der Waals surface area contributed by atoms with Crippen LogP contribution in [0, 0.1) is 0 Å². The van der Waals surface area contributed by atoms with E-state index in [2.05, 4.69) is 4.72 Å². The molecule has 5 nitrogen and oxygen atoms in total. The normalized spacial score (nSPS) is 13.6. The molecule has 14 heavy (non-hydrogen) atoms. The highest BCUT2D eigenvalue weighted by atomic mass is 32.2. The van der Waals surface area contributed by atoms with Crippen LogP contribution >= 0.6 is 0 Å². The summed E-state index contributed by atoms with van der Waals surface area (Å²) < 4.78 is 23.5. The molecule has 0 fully saturated rings. The number of rotatable bonds is 3. The lowest BCUT2D eigenvalue weighted by molar-refractivity contribution is 0.603. The van der Waals surface area contributed by atoms with Gasteiger partial charge in [-0.1, -0.05) is 12.1 Å². The molecule has 0 aliphatic rings. The first-order chi connectivity index (χ1) is 6.38. The van der Waals surface area contributed by atoms with Crippen LogP contribution in [0.2, 0.25) is 0 Å². The second-order valence-electron chi connectivity index (χ2n) is 3.06. The van der Waals surface area contributed by atoms with E-state index in [0.29, 0.717) is 5.69 Å². The minimum Gasteiger partial charge on any atom is -0.324 e. The largest absolute Gasteiger partial charge is 0.324 e. The van der Waals surface area contributed by atoms with Crippen molar-refractivity contribution in [2.45, 2.75) is 13.0 Å². The molecule has 6 heteroatoms. The molecule has 0 aromatic heterocycles. The third-order valence-corrected chi connectivity index (χ3v) is 2.22. The Morgan fingerprint density at radius 2 is 1.79 bits per heavy atom. The van der Waals surface area contributed by atoms with E-state index in [1.807, 2.05) is 6.92 Å². The van der Waals surface area contributed by atoms with Gasteiger partial charge < -0.3 is 5.73 Å². The van der Waals surface area contributed by atoms with Gasteiger partial charge in [-0.2, -0.15) is 8.42 Å². The third kappa shape index (κ3) is 3.33. The first-order valence-electron chi connectivity index (χ1n) is 4.04. The molecule has 0 amide bonds. The minimum atomic E-state index is -3.69. The molecule has 0 heterocycles. The molecule has 5 N–H and O–H groups in total. The van der Waals surface area contributed by atoms with Gasteiger partial charge in [-0.05, 0) is 24.6 Å². The van der Waals surface area contributed by atoms with Crippen molar-refractivity contribution in [3.63, 3.8) is 0 Å². The van der Waals surface area contributed by atoms with Crippen molar-refractivity contribution < 1.29 is 8.42 Å². The highest BCUT2D eigenvalue weighted by Gasteiger charge is 2.03. The van der Waals surface area contributed by atoms with Crippen LogP contribution in [0.4, 0.5) is 5.69 Å². The van der Waals surface area contributed by atoms with E-state index in [1.54, 1.807) is 24.3 Å². The lowest BCUT2D eigenvalue weighted by Crippen LogP contribution is -2.21. The number of hydrogen-bond donors (Lipinski definition) is 3. The van der Waals surface area contributed by atoms with Crippen LogP contribution in [0.5, 0.6) is 0 Å². The number of anilines is 1. The van der Waals surface area contributed by atoms with Crippen LogP contribution in [0.3, 0.4) is 0 Å². The molecule has 0 spiro atoms. The van der Waals surface area contributed by atoms with Crippen molar-refractivity contribution in [1.82, 2.24) is 0 Å². The molecular formula is C8H13N3O2S. The Morgan fingerprint density at radius 1 is 1.29 bits per heavy atom. The van der Waals surface area contributed by atoms with Crippen LogP contribution in [0.1, 0.15) is 18.5 Å². The summed E-state index contributed by atoms with van der Waals surface area (Å²) in [6.07, 6.45) is 0. The molecule has 0 aliphatic heterocycles. The van der Waals surface area contributed by atoms with Crippen molar-refractivity contribution >= 4 is 15.9 Å². The van der Waals surface area contributed by atoms with Crippen molar-refractivity contribution in [1.29, 1.82) is 0 Å². The van der Waals surface area contributed by atoms with E-state index < -0.39 is 10.2 Å². The molecule has 0 radical (unpaired) electrons. The van der Waals surface area contributed by atoms with Gasteiger partial charge in [0, 0.05) is 11.7 Å². The SMILES string of the molecule is CC(N)c1ccc(NS(N)(=O)=O)cc1. The number of hydrogen-bond acceptors (Lipinski definition) is 3. The van der Waals surface area contributed by atoms with Gasteiger partial charge in [0.25, 0.3) is 10.2 Å². The fraction of sp³-hybridized carbons (Fsp3) is 0.250.